The Hall–Kier alpha value is -0.570. The quantitative estimate of drug-likeness (QED) is 0.744. The molecule has 1 atom stereocenters. The molecule has 0 saturated heterocycles. The Bertz CT molecular complexity index is 220. The fourth-order valence-electron chi connectivity index (χ4n) is 2.07. The molecule has 0 spiro atoms. The summed E-state index contributed by atoms with van der Waals surface area (Å²) in [5.41, 5.74) is 5.14. The molecule has 3 N–H and O–H groups in total. The van der Waals surface area contributed by atoms with Gasteiger partial charge in [0.1, 0.15) is 0 Å². The minimum Gasteiger partial charge on any atom is -0.353 e. The van der Waals surface area contributed by atoms with E-state index in [1.54, 1.807) is 0 Å². The number of hydrogen-bond acceptors (Lipinski definition) is 2. The first kappa shape index (κ1) is 12.5. The summed E-state index contributed by atoms with van der Waals surface area (Å²) in [6.45, 7) is 6.30. The van der Waals surface area contributed by atoms with Crippen molar-refractivity contribution in [2.24, 2.45) is 17.1 Å². The van der Waals surface area contributed by atoms with E-state index in [1.165, 1.54) is 25.7 Å². The predicted molar refractivity (Wildman–Crippen MR) is 62.4 cm³/mol. The summed E-state index contributed by atoms with van der Waals surface area (Å²) in [6, 6.07) is 0.297. The molecule has 1 fully saturated rings. The SMILES string of the molecule is C[C@H](NC(=O)C(C)(C)CN)C1CCCC1. The van der Waals surface area contributed by atoms with E-state index in [0.29, 0.717) is 18.5 Å². The Labute approximate surface area is 92.8 Å². The average Bonchev–Trinajstić information content (AvgIpc) is 2.70. The van der Waals surface area contributed by atoms with Crippen molar-refractivity contribution in [3.05, 3.63) is 0 Å². The van der Waals surface area contributed by atoms with Crippen LogP contribution in [0.4, 0.5) is 0 Å². The van der Waals surface area contributed by atoms with Crippen LogP contribution < -0.4 is 11.1 Å². The fraction of sp³-hybridized carbons (Fsp3) is 0.917. The number of hydrogen-bond donors (Lipinski definition) is 2. The molecule has 0 aliphatic heterocycles. The van der Waals surface area contributed by atoms with Crippen molar-refractivity contribution in [2.75, 3.05) is 6.54 Å². The molecule has 1 amide bonds. The fourth-order valence-corrected chi connectivity index (χ4v) is 2.07. The van der Waals surface area contributed by atoms with Gasteiger partial charge in [-0.1, -0.05) is 12.8 Å². The van der Waals surface area contributed by atoms with Gasteiger partial charge in [-0.2, -0.15) is 0 Å². The highest BCUT2D eigenvalue weighted by Gasteiger charge is 2.29. The number of rotatable bonds is 4. The molecule has 3 heteroatoms. The van der Waals surface area contributed by atoms with Crippen LogP contribution in [0.15, 0.2) is 0 Å². The third kappa shape index (κ3) is 3.20. The standard InChI is InChI=1S/C12H24N2O/c1-9(10-6-4-5-7-10)14-11(15)12(2,3)8-13/h9-10H,4-8,13H2,1-3H3,(H,14,15)/t9-/m0/s1. The first-order chi connectivity index (χ1) is 6.97. The van der Waals surface area contributed by atoms with Crippen LogP contribution >= 0.6 is 0 Å². The highest BCUT2D eigenvalue weighted by atomic mass is 16.2. The smallest absolute Gasteiger partial charge is 0.227 e. The lowest BCUT2D eigenvalue weighted by Gasteiger charge is -2.27. The van der Waals surface area contributed by atoms with Gasteiger partial charge >= 0.3 is 0 Å². The Kier molecular flexibility index (Phi) is 4.14. The van der Waals surface area contributed by atoms with Gasteiger partial charge in [-0.05, 0) is 39.5 Å². The summed E-state index contributed by atoms with van der Waals surface area (Å²) in [7, 11) is 0. The summed E-state index contributed by atoms with van der Waals surface area (Å²) in [5.74, 6) is 0.756. The molecular formula is C12H24N2O. The summed E-state index contributed by atoms with van der Waals surface area (Å²) in [5, 5.41) is 3.09. The van der Waals surface area contributed by atoms with Crippen LogP contribution in [-0.2, 0) is 4.79 Å². The lowest BCUT2D eigenvalue weighted by Crippen LogP contribution is -2.47. The average molecular weight is 212 g/mol. The van der Waals surface area contributed by atoms with Crippen LogP contribution in [0, 0.1) is 11.3 Å². The van der Waals surface area contributed by atoms with Crippen LogP contribution in [-0.4, -0.2) is 18.5 Å². The molecule has 0 bridgehead atoms. The van der Waals surface area contributed by atoms with Gasteiger partial charge in [-0.3, -0.25) is 4.79 Å². The molecule has 0 aromatic carbocycles. The van der Waals surface area contributed by atoms with E-state index in [-0.39, 0.29) is 5.91 Å². The van der Waals surface area contributed by atoms with Crippen LogP contribution in [0.1, 0.15) is 46.5 Å². The van der Waals surface area contributed by atoms with Gasteiger partial charge in [-0.25, -0.2) is 0 Å². The molecule has 0 heterocycles. The maximum absolute atomic E-state index is 11.9. The van der Waals surface area contributed by atoms with E-state index >= 15 is 0 Å². The van der Waals surface area contributed by atoms with Gasteiger partial charge in [0.05, 0.1) is 5.41 Å². The molecule has 3 nitrogen and oxygen atoms in total. The number of carbonyl (C=O) groups is 1. The van der Waals surface area contributed by atoms with Crippen LogP contribution in [0.2, 0.25) is 0 Å². The van der Waals surface area contributed by atoms with Crippen molar-refractivity contribution in [2.45, 2.75) is 52.5 Å². The summed E-state index contributed by atoms with van der Waals surface area (Å²) in [4.78, 5) is 11.9. The van der Waals surface area contributed by atoms with Crippen molar-refractivity contribution in [1.29, 1.82) is 0 Å². The largest absolute Gasteiger partial charge is 0.353 e. The first-order valence-corrected chi connectivity index (χ1v) is 5.98. The summed E-state index contributed by atoms with van der Waals surface area (Å²) in [6.07, 6.45) is 5.13. The van der Waals surface area contributed by atoms with Crippen molar-refractivity contribution in [1.82, 2.24) is 5.32 Å². The Morgan fingerprint density at radius 1 is 1.47 bits per heavy atom. The van der Waals surface area contributed by atoms with E-state index < -0.39 is 5.41 Å². The normalized spacial score (nSPS) is 20.3. The lowest BCUT2D eigenvalue weighted by atomic mass is 9.91. The Balaban J connectivity index is 2.43. The van der Waals surface area contributed by atoms with Gasteiger partial charge in [0, 0.05) is 12.6 Å². The number of amides is 1. The van der Waals surface area contributed by atoms with Crippen molar-refractivity contribution >= 4 is 5.91 Å². The number of carbonyl (C=O) groups excluding carboxylic acids is 1. The molecule has 0 unspecified atom stereocenters. The zero-order valence-corrected chi connectivity index (χ0v) is 10.2. The minimum atomic E-state index is -0.438. The molecule has 15 heavy (non-hydrogen) atoms. The topological polar surface area (TPSA) is 55.1 Å². The predicted octanol–water partition coefficient (Wildman–Crippen LogP) is 1.67. The van der Waals surface area contributed by atoms with Gasteiger partial charge in [0.25, 0.3) is 0 Å². The number of nitrogens with two attached hydrogens (primary N) is 1. The van der Waals surface area contributed by atoms with Crippen LogP contribution in [0.25, 0.3) is 0 Å². The molecule has 1 aliphatic rings. The van der Waals surface area contributed by atoms with E-state index in [4.69, 9.17) is 5.73 Å². The molecule has 0 aromatic heterocycles. The highest BCUT2D eigenvalue weighted by molar-refractivity contribution is 5.82. The molecule has 0 radical (unpaired) electrons. The van der Waals surface area contributed by atoms with E-state index in [1.807, 2.05) is 13.8 Å². The molecule has 1 saturated carbocycles. The Morgan fingerprint density at radius 3 is 2.47 bits per heavy atom. The van der Waals surface area contributed by atoms with Crippen LogP contribution in [0.5, 0.6) is 0 Å². The number of nitrogens with one attached hydrogen (secondary N) is 1. The van der Waals surface area contributed by atoms with Gasteiger partial charge < -0.3 is 11.1 Å². The Morgan fingerprint density at radius 2 is 2.00 bits per heavy atom. The van der Waals surface area contributed by atoms with Gasteiger partial charge in [-0.15, -0.1) is 0 Å². The third-order valence-corrected chi connectivity index (χ3v) is 3.59. The maximum Gasteiger partial charge on any atom is 0.227 e. The third-order valence-electron chi connectivity index (χ3n) is 3.59. The highest BCUT2D eigenvalue weighted by Crippen LogP contribution is 2.28. The lowest BCUT2D eigenvalue weighted by molar-refractivity contribution is -0.129. The minimum absolute atomic E-state index is 0.0874. The van der Waals surface area contributed by atoms with Crippen molar-refractivity contribution in [3.8, 4) is 0 Å². The first-order valence-electron chi connectivity index (χ1n) is 5.98. The van der Waals surface area contributed by atoms with E-state index in [2.05, 4.69) is 12.2 Å². The van der Waals surface area contributed by atoms with Crippen LogP contribution in [0.3, 0.4) is 0 Å². The second-order valence-electron chi connectivity index (χ2n) is 5.39. The molecular weight excluding hydrogens is 188 g/mol. The molecule has 1 aliphatic carbocycles. The van der Waals surface area contributed by atoms with E-state index in [9.17, 15) is 4.79 Å². The molecule has 88 valence electrons. The molecule has 0 aromatic rings. The monoisotopic (exact) mass is 212 g/mol. The molecule has 1 rings (SSSR count). The second kappa shape index (κ2) is 4.97. The summed E-state index contributed by atoms with van der Waals surface area (Å²) < 4.78 is 0. The van der Waals surface area contributed by atoms with Crippen molar-refractivity contribution in [3.63, 3.8) is 0 Å². The van der Waals surface area contributed by atoms with Gasteiger partial charge in [0.15, 0.2) is 0 Å². The summed E-state index contributed by atoms with van der Waals surface area (Å²) >= 11 is 0. The van der Waals surface area contributed by atoms with Gasteiger partial charge in [0.2, 0.25) is 5.91 Å². The van der Waals surface area contributed by atoms with E-state index in [0.717, 1.165) is 0 Å². The second-order valence-corrected chi connectivity index (χ2v) is 5.39. The van der Waals surface area contributed by atoms with Crippen molar-refractivity contribution < 1.29 is 4.79 Å². The zero-order valence-electron chi connectivity index (χ0n) is 10.2. The zero-order chi connectivity index (χ0) is 11.5. The maximum atomic E-state index is 11.9.